The van der Waals surface area contributed by atoms with E-state index >= 15 is 0 Å². The summed E-state index contributed by atoms with van der Waals surface area (Å²) in [5.74, 6) is -0.250. The van der Waals surface area contributed by atoms with Crippen molar-refractivity contribution in [1.82, 2.24) is 0 Å². The van der Waals surface area contributed by atoms with Gasteiger partial charge in [0.05, 0.1) is 0 Å². The zero-order valence-corrected chi connectivity index (χ0v) is 11.0. The highest BCUT2D eigenvalue weighted by atomic mass is 19.1. The Morgan fingerprint density at radius 2 is 1.79 bits per heavy atom. The molecule has 2 unspecified atom stereocenters. The molecule has 0 amide bonds. The molecule has 0 aromatic heterocycles. The van der Waals surface area contributed by atoms with Gasteiger partial charge in [-0.15, -0.1) is 0 Å². The van der Waals surface area contributed by atoms with Crippen molar-refractivity contribution in [2.24, 2.45) is 0 Å². The van der Waals surface area contributed by atoms with Crippen molar-refractivity contribution in [2.75, 3.05) is 0 Å². The Bertz CT molecular complexity index is 540. The van der Waals surface area contributed by atoms with Crippen molar-refractivity contribution in [1.29, 1.82) is 0 Å². The van der Waals surface area contributed by atoms with Crippen LogP contribution in [0.2, 0.25) is 0 Å². The van der Waals surface area contributed by atoms with Gasteiger partial charge in [0.2, 0.25) is 0 Å². The molecular weight excluding hydrogens is 243 g/mol. The Balaban J connectivity index is 2.12. The van der Waals surface area contributed by atoms with E-state index in [4.69, 9.17) is 4.74 Å². The van der Waals surface area contributed by atoms with Crippen LogP contribution < -0.4 is 4.74 Å². The number of ether oxygens (including phenoxy) is 1. The lowest BCUT2D eigenvalue weighted by Gasteiger charge is -2.21. The summed E-state index contributed by atoms with van der Waals surface area (Å²) in [4.78, 5) is 0. The van der Waals surface area contributed by atoms with Gasteiger partial charge in [0, 0.05) is 0 Å². The monoisotopic (exact) mass is 260 g/mol. The highest BCUT2D eigenvalue weighted by Crippen LogP contribution is 2.24. The van der Waals surface area contributed by atoms with Gasteiger partial charge in [-0.05, 0) is 37.1 Å². The van der Waals surface area contributed by atoms with Gasteiger partial charge in [0.15, 0.2) is 11.6 Å². The first-order valence-corrected chi connectivity index (χ1v) is 6.24. The Hall–Kier alpha value is -1.87. The Kier molecular flexibility index (Phi) is 4.17. The minimum Gasteiger partial charge on any atom is -0.485 e. The molecule has 0 saturated carbocycles. The standard InChI is InChI=1S/C16H17FO2/c1-11-8-9-14(17)15(10-11)19-12(2)16(18)13-6-4-3-5-7-13/h3-10,12,16,18H,1-2H3. The summed E-state index contributed by atoms with van der Waals surface area (Å²) < 4.78 is 19.1. The van der Waals surface area contributed by atoms with E-state index in [-0.39, 0.29) is 5.75 Å². The third-order valence-electron chi connectivity index (χ3n) is 2.99. The van der Waals surface area contributed by atoms with Gasteiger partial charge in [-0.25, -0.2) is 4.39 Å². The lowest BCUT2D eigenvalue weighted by atomic mass is 10.1. The number of aliphatic hydroxyl groups excluding tert-OH is 1. The summed E-state index contributed by atoms with van der Waals surface area (Å²) >= 11 is 0. The second-order valence-electron chi connectivity index (χ2n) is 4.61. The van der Waals surface area contributed by atoms with Crippen LogP contribution in [0.4, 0.5) is 4.39 Å². The van der Waals surface area contributed by atoms with Crippen LogP contribution in [0.25, 0.3) is 0 Å². The van der Waals surface area contributed by atoms with E-state index in [1.54, 1.807) is 19.1 Å². The second kappa shape index (κ2) is 5.85. The SMILES string of the molecule is Cc1ccc(F)c(OC(C)C(O)c2ccccc2)c1. The molecular formula is C16H17FO2. The fraction of sp³-hybridized carbons (Fsp3) is 0.250. The molecule has 19 heavy (non-hydrogen) atoms. The van der Waals surface area contributed by atoms with E-state index < -0.39 is 18.0 Å². The number of hydrogen-bond acceptors (Lipinski definition) is 2. The lowest BCUT2D eigenvalue weighted by molar-refractivity contribution is 0.0444. The molecule has 2 atom stereocenters. The second-order valence-corrected chi connectivity index (χ2v) is 4.61. The average molecular weight is 260 g/mol. The number of aryl methyl sites for hydroxylation is 1. The molecule has 0 aliphatic carbocycles. The Morgan fingerprint density at radius 3 is 2.47 bits per heavy atom. The van der Waals surface area contributed by atoms with Crippen molar-refractivity contribution in [3.05, 3.63) is 65.5 Å². The van der Waals surface area contributed by atoms with Crippen molar-refractivity contribution in [3.8, 4) is 5.75 Å². The first-order valence-electron chi connectivity index (χ1n) is 6.24. The largest absolute Gasteiger partial charge is 0.485 e. The van der Waals surface area contributed by atoms with E-state index in [1.807, 2.05) is 37.3 Å². The summed E-state index contributed by atoms with van der Waals surface area (Å²) in [7, 11) is 0. The highest BCUT2D eigenvalue weighted by molar-refractivity contribution is 5.30. The number of hydrogen-bond donors (Lipinski definition) is 1. The fourth-order valence-corrected chi connectivity index (χ4v) is 1.89. The lowest BCUT2D eigenvalue weighted by Crippen LogP contribution is -2.22. The minimum absolute atomic E-state index is 0.169. The predicted octanol–water partition coefficient (Wildman–Crippen LogP) is 3.64. The summed E-state index contributed by atoms with van der Waals surface area (Å²) in [6.45, 7) is 3.59. The highest BCUT2D eigenvalue weighted by Gasteiger charge is 2.19. The molecule has 0 fully saturated rings. The molecule has 100 valence electrons. The van der Waals surface area contributed by atoms with Gasteiger partial charge in [-0.2, -0.15) is 0 Å². The van der Waals surface area contributed by atoms with E-state index in [1.165, 1.54) is 6.07 Å². The number of rotatable bonds is 4. The maximum atomic E-state index is 13.6. The van der Waals surface area contributed by atoms with Crippen molar-refractivity contribution < 1.29 is 14.2 Å². The molecule has 2 rings (SSSR count). The van der Waals surface area contributed by atoms with Crippen LogP contribution in [0.3, 0.4) is 0 Å². The van der Waals surface area contributed by atoms with Gasteiger partial charge in [-0.1, -0.05) is 36.4 Å². The summed E-state index contributed by atoms with van der Waals surface area (Å²) in [6.07, 6.45) is -1.32. The Labute approximate surface area is 112 Å². The molecule has 1 N–H and O–H groups in total. The first kappa shape index (κ1) is 13.6. The van der Waals surface area contributed by atoms with Crippen LogP contribution in [0.1, 0.15) is 24.2 Å². The average Bonchev–Trinajstić information content (AvgIpc) is 2.43. The number of halogens is 1. The molecule has 2 aromatic carbocycles. The van der Waals surface area contributed by atoms with Crippen molar-refractivity contribution in [3.63, 3.8) is 0 Å². The number of aliphatic hydroxyl groups is 1. The predicted molar refractivity (Wildman–Crippen MR) is 72.6 cm³/mol. The van der Waals surface area contributed by atoms with E-state index in [0.717, 1.165) is 11.1 Å². The summed E-state index contributed by atoms with van der Waals surface area (Å²) in [6, 6.07) is 13.9. The van der Waals surface area contributed by atoms with Crippen LogP contribution in [0.15, 0.2) is 48.5 Å². The Morgan fingerprint density at radius 1 is 1.11 bits per heavy atom. The maximum Gasteiger partial charge on any atom is 0.165 e. The van der Waals surface area contributed by atoms with Crippen LogP contribution >= 0.6 is 0 Å². The molecule has 0 bridgehead atoms. The molecule has 3 heteroatoms. The zero-order chi connectivity index (χ0) is 13.8. The molecule has 0 aliphatic heterocycles. The third-order valence-corrected chi connectivity index (χ3v) is 2.99. The van der Waals surface area contributed by atoms with Gasteiger partial charge in [0.1, 0.15) is 12.2 Å². The first-order chi connectivity index (χ1) is 9.08. The molecule has 2 nitrogen and oxygen atoms in total. The topological polar surface area (TPSA) is 29.5 Å². The van der Waals surface area contributed by atoms with Gasteiger partial charge >= 0.3 is 0 Å². The van der Waals surface area contributed by atoms with Gasteiger partial charge in [-0.3, -0.25) is 0 Å². The van der Waals surface area contributed by atoms with E-state index in [2.05, 4.69) is 0 Å². The minimum atomic E-state index is -0.791. The van der Waals surface area contributed by atoms with Crippen molar-refractivity contribution >= 4 is 0 Å². The molecule has 0 radical (unpaired) electrons. The van der Waals surface area contributed by atoms with Crippen molar-refractivity contribution in [2.45, 2.75) is 26.1 Å². The third kappa shape index (κ3) is 3.32. The summed E-state index contributed by atoms with van der Waals surface area (Å²) in [5, 5.41) is 10.2. The normalized spacial score (nSPS) is 13.9. The molecule has 2 aromatic rings. The molecule has 0 saturated heterocycles. The fourth-order valence-electron chi connectivity index (χ4n) is 1.89. The number of benzene rings is 2. The van der Waals surface area contributed by atoms with Crippen LogP contribution in [0.5, 0.6) is 5.75 Å². The van der Waals surface area contributed by atoms with Crippen LogP contribution in [-0.2, 0) is 0 Å². The van der Waals surface area contributed by atoms with Gasteiger partial charge in [0.25, 0.3) is 0 Å². The zero-order valence-electron chi connectivity index (χ0n) is 11.0. The maximum absolute atomic E-state index is 13.6. The van der Waals surface area contributed by atoms with Crippen LogP contribution in [-0.4, -0.2) is 11.2 Å². The molecule has 0 heterocycles. The molecule has 0 spiro atoms. The molecule has 0 aliphatic rings. The van der Waals surface area contributed by atoms with E-state index in [0.29, 0.717) is 0 Å². The quantitative estimate of drug-likeness (QED) is 0.909. The van der Waals surface area contributed by atoms with Crippen LogP contribution in [0, 0.1) is 12.7 Å². The summed E-state index contributed by atoms with van der Waals surface area (Å²) in [5.41, 5.74) is 1.67. The van der Waals surface area contributed by atoms with E-state index in [9.17, 15) is 9.50 Å². The smallest absolute Gasteiger partial charge is 0.165 e. The van der Waals surface area contributed by atoms with Gasteiger partial charge < -0.3 is 9.84 Å².